The standard InChI is InChI=1S/C51H92O6/c1-4-7-10-13-16-18-20-22-23-24-25-26-27-28-29-30-32-33-35-38-41-44-50(53)56-47-48(46-55-49(52)43-40-37-15-12-9-6-3)57-51(54)45-42-39-36-34-31-21-19-17-14-11-8-5-2/h17,19-20,22,24-25,48H,4-16,18,21,23,26-47H2,1-3H3/b19-17-,22-20-,25-24-. The molecule has 0 rings (SSSR count). The van der Waals surface area contributed by atoms with Gasteiger partial charge in [0.1, 0.15) is 13.2 Å². The van der Waals surface area contributed by atoms with Crippen molar-refractivity contribution in [3.63, 3.8) is 0 Å². The van der Waals surface area contributed by atoms with Gasteiger partial charge in [-0.25, -0.2) is 0 Å². The summed E-state index contributed by atoms with van der Waals surface area (Å²) >= 11 is 0. The van der Waals surface area contributed by atoms with Crippen molar-refractivity contribution < 1.29 is 28.6 Å². The Hall–Kier alpha value is -2.37. The molecule has 6 heteroatoms. The molecule has 0 bridgehead atoms. The van der Waals surface area contributed by atoms with E-state index in [0.717, 1.165) is 77.0 Å². The number of hydrogen-bond acceptors (Lipinski definition) is 6. The normalized spacial score (nSPS) is 12.3. The Morgan fingerprint density at radius 1 is 0.351 bits per heavy atom. The molecule has 57 heavy (non-hydrogen) atoms. The summed E-state index contributed by atoms with van der Waals surface area (Å²) in [5, 5.41) is 0. The van der Waals surface area contributed by atoms with Gasteiger partial charge < -0.3 is 14.2 Å². The van der Waals surface area contributed by atoms with Gasteiger partial charge in [0.05, 0.1) is 0 Å². The monoisotopic (exact) mass is 801 g/mol. The molecule has 0 heterocycles. The molecule has 0 amide bonds. The van der Waals surface area contributed by atoms with E-state index in [1.165, 1.54) is 135 Å². The van der Waals surface area contributed by atoms with E-state index in [2.05, 4.69) is 57.2 Å². The highest BCUT2D eigenvalue weighted by Gasteiger charge is 2.19. The first-order valence-corrected chi connectivity index (χ1v) is 24.5. The number of allylic oxidation sites excluding steroid dienone is 6. The summed E-state index contributed by atoms with van der Waals surface area (Å²) in [6, 6.07) is 0. The molecule has 0 aliphatic carbocycles. The smallest absolute Gasteiger partial charge is 0.306 e. The van der Waals surface area contributed by atoms with Crippen LogP contribution in [-0.4, -0.2) is 37.2 Å². The summed E-state index contributed by atoms with van der Waals surface area (Å²) in [7, 11) is 0. The number of ether oxygens (including phenoxy) is 3. The van der Waals surface area contributed by atoms with Gasteiger partial charge in [-0.05, 0) is 77.0 Å². The van der Waals surface area contributed by atoms with E-state index in [4.69, 9.17) is 14.2 Å². The summed E-state index contributed by atoms with van der Waals surface area (Å²) in [4.78, 5) is 37.6. The molecule has 332 valence electrons. The molecule has 0 aromatic rings. The Morgan fingerprint density at radius 3 is 1.02 bits per heavy atom. The van der Waals surface area contributed by atoms with Gasteiger partial charge in [-0.3, -0.25) is 14.4 Å². The fraction of sp³-hybridized carbons (Fsp3) is 0.824. The second kappa shape index (κ2) is 46.3. The van der Waals surface area contributed by atoms with Gasteiger partial charge in [-0.1, -0.05) is 192 Å². The molecular formula is C51H92O6. The highest BCUT2D eigenvalue weighted by molar-refractivity contribution is 5.71. The zero-order valence-electron chi connectivity index (χ0n) is 37.9. The molecule has 0 N–H and O–H groups in total. The molecule has 0 aliphatic rings. The third kappa shape index (κ3) is 44.6. The van der Waals surface area contributed by atoms with E-state index in [1.807, 2.05) is 0 Å². The van der Waals surface area contributed by atoms with Gasteiger partial charge in [0.2, 0.25) is 0 Å². The molecule has 0 radical (unpaired) electrons. The zero-order chi connectivity index (χ0) is 41.5. The van der Waals surface area contributed by atoms with Crippen molar-refractivity contribution in [1.82, 2.24) is 0 Å². The molecule has 0 fully saturated rings. The second-order valence-electron chi connectivity index (χ2n) is 16.4. The van der Waals surface area contributed by atoms with Gasteiger partial charge in [-0.2, -0.15) is 0 Å². The Balaban J connectivity index is 4.17. The number of unbranched alkanes of at least 4 members (excludes halogenated alkanes) is 27. The van der Waals surface area contributed by atoms with Crippen LogP contribution in [0.25, 0.3) is 0 Å². The SMILES string of the molecule is CCCCC/C=C\CCCCCCCC(=O)OC(COC(=O)CCCCCCCC)COC(=O)CCCCCCCCCCC/C=C\C/C=C\CCCCCCC. The lowest BCUT2D eigenvalue weighted by molar-refractivity contribution is -0.167. The van der Waals surface area contributed by atoms with Gasteiger partial charge in [0.15, 0.2) is 6.10 Å². The van der Waals surface area contributed by atoms with Gasteiger partial charge >= 0.3 is 17.9 Å². The zero-order valence-corrected chi connectivity index (χ0v) is 37.9. The minimum Gasteiger partial charge on any atom is -0.462 e. The van der Waals surface area contributed by atoms with Crippen LogP contribution in [0.1, 0.15) is 252 Å². The average Bonchev–Trinajstić information content (AvgIpc) is 3.21. The number of hydrogen-bond donors (Lipinski definition) is 0. The van der Waals surface area contributed by atoms with Crippen molar-refractivity contribution in [1.29, 1.82) is 0 Å². The maximum Gasteiger partial charge on any atom is 0.306 e. The van der Waals surface area contributed by atoms with E-state index in [-0.39, 0.29) is 31.1 Å². The van der Waals surface area contributed by atoms with Crippen molar-refractivity contribution in [2.45, 2.75) is 258 Å². The van der Waals surface area contributed by atoms with Crippen LogP contribution in [0.15, 0.2) is 36.5 Å². The van der Waals surface area contributed by atoms with Crippen molar-refractivity contribution in [2.75, 3.05) is 13.2 Å². The Bertz CT molecular complexity index is 969. The van der Waals surface area contributed by atoms with E-state index < -0.39 is 6.10 Å². The second-order valence-corrected chi connectivity index (χ2v) is 16.4. The maximum atomic E-state index is 12.7. The van der Waals surface area contributed by atoms with Crippen LogP contribution in [0.5, 0.6) is 0 Å². The maximum absolute atomic E-state index is 12.7. The molecule has 1 unspecified atom stereocenters. The molecule has 6 nitrogen and oxygen atoms in total. The van der Waals surface area contributed by atoms with E-state index >= 15 is 0 Å². The molecule has 0 aromatic carbocycles. The fourth-order valence-corrected chi connectivity index (χ4v) is 6.88. The number of carbonyl (C=O) groups is 3. The minimum atomic E-state index is -0.771. The number of carbonyl (C=O) groups excluding carboxylic acids is 3. The van der Waals surface area contributed by atoms with Crippen LogP contribution in [0.3, 0.4) is 0 Å². The van der Waals surface area contributed by atoms with Gasteiger partial charge in [0, 0.05) is 19.3 Å². The van der Waals surface area contributed by atoms with Crippen molar-refractivity contribution in [2.24, 2.45) is 0 Å². The van der Waals surface area contributed by atoms with Crippen molar-refractivity contribution >= 4 is 17.9 Å². The van der Waals surface area contributed by atoms with Crippen LogP contribution in [-0.2, 0) is 28.6 Å². The third-order valence-corrected chi connectivity index (χ3v) is 10.6. The summed E-state index contributed by atoms with van der Waals surface area (Å²) in [5.74, 6) is -0.895. The average molecular weight is 801 g/mol. The molecule has 0 saturated heterocycles. The molecule has 0 aliphatic heterocycles. The number of esters is 3. The summed E-state index contributed by atoms with van der Waals surface area (Å²) in [6.45, 7) is 6.54. The minimum absolute atomic E-state index is 0.0761. The summed E-state index contributed by atoms with van der Waals surface area (Å²) in [5.41, 5.74) is 0. The Morgan fingerprint density at radius 2 is 0.632 bits per heavy atom. The van der Waals surface area contributed by atoms with Crippen molar-refractivity contribution in [3.05, 3.63) is 36.5 Å². The van der Waals surface area contributed by atoms with Crippen LogP contribution in [0.2, 0.25) is 0 Å². The van der Waals surface area contributed by atoms with E-state index in [9.17, 15) is 14.4 Å². The van der Waals surface area contributed by atoms with E-state index in [0.29, 0.717) is 19.3 Å². The lowest BCUT2D eigenvalue weighted by atomic mass is 10.1. The largest absolute Gasteiger partial charge is 0.462 e. The van der Waals surface area contributed by atoms with Crippen LogP contribution in [0, 0.1) is 0 Å². The molecule has 0 spiro atoms. The van der Waals surface area contributed by atoms with E-state index in [1.54, 1.807) is 0 Å². The summed E-state index contributed by atoms with van der Waals surface area (Å²) < 4.78 is 16.6. The molecule has 1 atom stereocenters. The predicted molar refractivity (Wildman–Crippen MR) is 242 cm³/mol. The number of rotatable bonds is 44. The molecule has 0 aromatic heterocycles. The van der Waals surface area contributed by atoms with Crippen LogP contribution < -0.4 is 0 Å². The molecular weight excluding hydrogens is 709 g/mol. The molecule has 0 saturated carbocycles. The quantitative estimate of drug-likeness (QED) is 0.0264. The highest BCUT2D eigenvalue weighted by atomic mass is 16.6. The predicted octanol–water partition coefficient (Wildman–Crippen LogP) is 15.8. The van der Waals surface area contributed by atoms with Crippen molar-refractivity contribution in [3.8, 4) is 0 Å². The van der Waals surface area contributed by atoms with Crippen LogP contribution >= 0.6 is 0 Å². The highest BCUT2D eigenvalue weighted by Crippen LogP contribution is 2.14. The third-order valence-electron chi connectivity index (χ3n) is 10.6. The fourth-order valence-electron chi connectivity index (χ4n) is 6.88. The van der Waals surface area contributed by atoms with Crippen LogP contribution in [0.4, 0.5) is 0 Å². The van der Waals surface area contributed by atoms with Gasteiger partial charge in [0.25, 0.3) is 0 Å². The Labute approximate surface area is 353 Å². The van der Waals surface area contributed by atoms with Gasteiger partial charge in [-0.15, -0.1) is 0 Å². The lowest BCUT2D eigenvalue weighted by Gasteiger charge is -2.18. The Kier molecular flexibility index (Phi) is 44.4. The first kappa shape index (κ1) is 54.6. The summed E-state index contributed by atoms with van der Waals surface area (Å²) in [6.07, 6.45) is 52.9. The first-order valence-electron chi connectivity index (χ1n) is 24.5. The first-order chi connectivity index (χ1) is 28.0. The topological polar surface area (TPSA) is 78.9 Å². The lowest BCUT2D eigenvalue weighted by Crippen LogP contribution is -2.30.